The van der Waals surface area contributed by atoms with Gasteiger partial charge in [-0.05, 0) is 87.1 Å². The van der Waals surface area contributed by atoms with Gasteiger partial charge in [0, 0.05) is 11.1 Å². The quantitative estimate of drug-likeness (QED) is 0.0914. The molecular weight excluding hydrogens is 580 g/mol. The highest BCUT2D eigenvalue weighted by Crippen LogP contribution is 2.26. The van der Waals surface area contributed by atoms with E-state index in [1.807, 2.05) is 27.7 Å². The zero-order valence-corrected chi connectivity index (χ0v) is 24.3. The molecule has 252 valence electrons. The van der Waals surface area contributed by atoms with Crippen molar-refractivity contribution < 1.29 is 47.6 Å². The molecule has 2 rings (SSSR count). The molecule has 0 amide bonds. The van der Waals surface area contributed by atoms with Crippen molar-refractivity contribution >= 4 is 23.9 Å². The summed E-state index contributed by atoms with van der Waals surface area (Å²) >= 11 is 0. The minimum atomic E-state index is -0.565. The zero-order valence-electron chi connectivity index (χ0n) is 24.3. The van der Waals surface area contributed by atoms with Crippen LogP contribution < -0.4 is 9.47 Å². The fraction of sp³-hybridized carbons (Fsp3) is 0.429. The van der Waals surface area contributed by atoms with Crippen LogP contribution in [0.2, 0.25) is 0 Å². The van der Waals surface area contributed by atoms with Crippen LogP contribution in [0.5, 0.6) is 11.5 Å². The lowest BCUT2D eigenvalue weighted by molar-refractivity contribution is -0.166. The van der Waals surface area contributed by atoms with E-state index in [1.165, 1.54) is 0 Å². The number of carbonyl (C=O) groups is 4. The second-order valence-electron chi connectivity index (χ2n) is 9.40. The largest absolute Gasteiger partial charge is 0.457 e. The van der Waals surface area contributed by atoms with Crippen LogP contribution in [0.3, 0.4) is 0 Å². The van der Waals surface area contributed by atoms with Crippen LogP contribution in [0.4, 0.5) is 0 Å². The fourth-order valence-electron chi connectivity index (χ4n) is 3.51. The number of hydrogen-bond donors (Lipinski definition) is 0. The smallest absolute Gasteiger partial charge is 0.335 e. The Morgan fingerprint density at radius 2 is 0.867 bits per heavy atom. The van der Waals surface area contributed by atoms with Crippen LogP contribution in [-0.4, -0.2) is 44.3 Å². The molecule has 2 aromatic rings. The van der Waals surface area contributed by atoms with Crippen LogP contribution in [0.15, 0.2) is 48.6 Å². The highest BCUT2D eigenvalue weighted by molar-refractivity contribution is 5.87. The van der Waals surface area contributed by atoms with Gasteiger partial charge in [0.05, 0.1) is 12.8 Å². The Balaban J connectivity index is -0.00000441. The number of rotatable bonds is 14. The molecule has 0 radical (unpaired) electrons. The van der Waals surface area contributed by atoms with Crippen LogP contribution in [-0.2, 0) is 51.0 Å². The van der Waals surface area contributed by atoms with E-state index < -0.39 is 30.7 Å². The van der Waals surface area contributed by atoms with E-state index >= 15 is 0 Å². The molecule has 0 bridgehead atoms. The molecule has 0 N–H and O–H groups in total. The first kappa shape index (κ1) is 44.8. The van der Waals surface area contributed by atoms with Gasteiger partial charge in [0.25, 0.3) is 0 Å². The topological polar surface area (TPSA) is 124 Å². The van der Waals surface area contributed by atoms with E-state index in [1.54, 1.807) is 38.1 Å². The SMILES string of the molecule is C.C.C.C.C=C(C)C(=O)OCOc1ccc(CC(=O)OCOC(=O)Cc2ccc(OCOC(=O)C(=C)C)c(C)c2C)c(C)c1C. The summed E-state index contributed by atoms with van der Waals surface area (Å²) < 4.78 is 31.1. The highest BCUT2D eigenvalue weighted by Gasteiger charge is 2.15. The molecule has 0 saturated carbocycles. The first-order valence-corrected chi connectivity index (χ1v) is 12.7. The Bertz CT molecular complexity index is 1240. The number of ether oxygens (including phenoxy) is 6. The van der Waals surface area contributed by atoms with Crippen molar-refractivity contribution in [3.05, 3.63) is 82.0 Å². The third kappa shape index (κ3) is 13.7. The number of esters is 4. The minimum Gasteiger partial charge on any atom is -0.457 e. The third-order valence-electron chi connectivity index (χ3n) is 6.31. The van der Waals surface area contributed by atoms with E-state index in [0.717, 1.165) is 22.3 Å². The predicted molar refractivity (Wildman–Crippen MR) is 176 cm³/mol. The predicted octanol–water partition coefficient (Wildman–Crippen LogP) is 7.20. The molecule has 0 aromatic heterocycles. The lowest BCUT2D eigenvalue weighted by atomic mass is 10.00. The molecule has 45 heavy (non-hydrogen) atoms. The van der Waals surface area contributed by atoms with Gasteiger partial charge in [0.1, 0.15) is 11.5 Å². The molecule has 0 fully saturated rings. The van der Waals surface area contributed by atoms with Crippen molar-refractivity contribution in [3.8, 4) is 11.5 Å². The molecule has 0 aliphatic carbocycles. The first-order chi connectivity index (χ1) is 19.3. The zero-order chi connectivity index (χ0) is 30.7. The molecule has 0 atom stereocenters. The average molecular weight is 633 g/mol. The van der Waals surface area contributed by atoms with Gasteiger partial charge in [0.15, 0.2) is 0 Å². The highest BCUT2D eigenvalue weighted by atomic mass is 16.7. The van der Waals surface area contributed by atoms with E-state index in [2.05, 4.69) is 13.2 Å². The van der Waals surface area contributed by atoms with Gasteiger partial charge in [0.2, 0.25) is 20.4 Å². The van der Waals surface area contributed by atoms with Crippen molar-refractivity contribution in [3.63, 3.8) is 0 Å². The monoisotopic (exact) mass is 632 g/mol. The summed E-state index contributed by atoms with van der Waals surface area (Å²) in [5.41, 5.74) is 5.16. The summed E-state index contributed by atoms with van der Waals surface area (Å²) in [6.07, 6.45) is -0.0623. The number of carbonyl (C=O) groups excluding carboxylic acids is 4. The van der Waals surface area contributed by atoms with Crippen LogP contribution >= 0.6 is 0 Å². The molecule has 0 saturated heterocycles. The van der Waals surface area contributed by atoms with Gasteiger partial charge in [-0.2, -0.15) is 0 Å². The van der Waals surface area contributed by atoms with Crippen LogP contribution in [0, 0.1) is 27.7 Å². The molecular formula is C35H52O10. The summed E-state index contributed by atoms with van der Waals surface area (Å²) in [5.74, 6) is -1.20. The van der Waals surface area contributed by atoms with E-state index in [-0.39, 0.29) is 67.3 Å². The second kappa shape index (κ2) is 21.2. The van der Waals surface area contributed by atoms with E-state index in [4.69, 9.17) is 28.4 Å². The first-order valence-electron chi connectivity index (χ1n) is 12.7. The Morgan fingerprint density at radius 1 is 0.533 bits per heavy atom. The van der Waals surface area contributed by atoms with Gasteiger partial charge >= 0.3 is 23.9 Å². The maximum Gasteiger partial charge on any atom is 0.335 e. The van der Waals surface area contributed by atoms with Gasteiger partial charge < -0.3 is 28.4 Å². The van der Waals surface area contributed by atoms with Gasteiger partial charge in [-0.3, -0.25) is 9.59 Å². The fourth-order valence-corrected chi connectivity index (χ4v) is 3.51. The van der Waals surface area contributed by atoms with Crippen LogP contribution in [0.25, 0.3) is 0 Å². The van der Waals surface area contributed by atoms with E-state index in [9.17, 15) is 19.2 Å². The van der Waals surface area contributed by atoms with Crippen LogP contribution in [0.1, 0.15) is 76.9 Å². The normalized spacial score (nSPS) is 9.38. The van der Waals surface area contributed by atoms with Crippen molar-refractivity contribution in [1.82, 2.24) is 0 Å². The average Bonchev–Trinajstić information content (AvgIpc) is 2.91. The maximum absolute atomic E-state index is 12.4. The summed E-state index contributed by atoms with van der Waals surface area (Å²) in [7, 11) is 0. The summed E-state index contributed by atoms with van der Waals surface area (Å²) in [4.78, 5) is 47.7. The molecule has 0 aliphatic rings. The molecule has 2 aromatic carbocycles. The minimum absolute atomic E-state index is 0. The Hall–Kier alpha value is -4.60. The molecule has 0 spiro atoms. The summed E-state index contributed by atoms with van der Waals surface area (Å²) in [6.45, 7) is 16.4. The van der Waals surface area contributed by atoms with Crippen molar-refractivity contribution in [2.24, 2.45) is 0 Å². The summed E-state index contributed by atoms with van der Waals surface area (Å²) in [5, 5.41) is 0. The van der Waals surface area contributed by atoms with Crippen molar-refractivity contribution in [1.29, 1.82) is 0 Å². The van der Waals surface area contributed by atoms with Crippen molar-refractivity contribution in [2.45, 2.75) is 84.1 Å². The number of benzene rings is 2. The van der Waals surface area contributed by atoms with Gasteiger partial charge in [-0.1, -0.05) is 55.0 Å². The molecule has 10 heteroatoms. The molecule has 10 nitrogen and oxygen atoms in total. The summed E-state index contributed by atoms with van der Waals surface area (Å²) in [6, 6.07) is 6.78. The molecule has 0 aliphatic heterocycles. The Morgan fingerprint density at radius 3 is 1.18 bits per heavy atom. The number of hydrogen-bond acceptors (Lipinski definition) is 10. The van der Waals surface area contributed by atoms with Crippen molar-refractivity contribution in [2.75, 3.05) is 20.4 Å². The van der Waals surface area contributed by atoms with Gasteiger partial charge in [-0.25, -0.2) is 9.59 Å². The van der Waals surface area contributed by atoms with E-state index in [0.29, 0.717) is 22.6 Å². The maximum atomic E-state index is 12.4. The second-order valence-corrected chi connectivity index (χ2v) is 9.40. The Kier molecular flexibility index (Phi) is 21.1. The lowest BCUT2D eigenvalue weighted by Crippen LogP contribution is -2.17. The molecule has 0 heterocycles. The lowest BCUT2D eigenvalue weighted by Gasteiger charge is -2.15. The standard InChI is InChI=1S/C31H36O10.4CH4/c1-18(2)30(34)40-15-36-26-11-9-24(20(5)22(26)7)13-28(32)38-17-39-29(33)14-25-10-12-27(23(8)21(25)6)37-16-41-31(35)19(3)4;;;;/h9-12H,1,3,13-17H2,2,4-8H3;4*1H4. The molecule has 0 unspecified atom stereocenters. The van der Waals surface area contributed by atoms with Gasteiger partial charge in [-0.15, -0.1) is 0 Å². The Labute approximate surface area is 269 Å². The third-order valence-corrected chi connectivity index (χ3v) is 6.31.